The van der Waals surface area contributed by atoms with E-state index in [1.807, 2.05) is 0 Å². The molecule has 0 radical (unpaired) electrons. The van der Waals surface area contributed by atoms with Crippen LogP contribution in [0.25, 0.3) is 0 Å². The summed E-state index contributed by atoms with van der Waals surface area (Å²) in [6.45, 7) is 1.57. The van der Waals surface area contributed by atoms with Crippen LogP contribution in [0.5, 0.6) is 0 Å². The number of hydrogen-bond acceptors (Lipinski definition) is 4. The van der Waals surface area contributed by atoms with E-state index in [2.05, 4.69) is 10.3 Å². The third-order valence-electron chi connectivity index (χ3n) is 0.614. The van der Waals surface area contributed by atoms with Crippen LogP contribution in [-0.4, -0.2) is 19.6 Å². The fourth-order valence-corrected chi connectivity index (χ4v) is 0.267. The quantitative estimate of drug-likeness (QED) is 0.276. The summed E-state index contributed by atoms with van der Waals surface area (Å²) in [5.74, 6) is 0. The van der Waals surface area contributed by atoms with Crippen LogP contribution in [0.3, 0.4) is 0 Å². The molecule has 0 rings (SSSR count). The molecule has 0 fully saturated rings. The fourth-order valence-electron chi connectivity index (χ4n) is 0.267. The van der Waals surface area contributed by atoms with Crippen molar-refractivity contribution in [1.82, 2.24) is 5.48 Å². The van der Waals surface area contributed by atoms with E-state index in [0.29, 0.717) is 19.6 Å². The summed E-state index contributed by atoms with van der Waals surface area (Å²) in [4.78, 5) is 13.6. The Morgan fingerprint density at radius 2 is 2.50 bits per heavy atom. The zero-order valence-corrected chi connectivity index (χ0v) is 4.59. The van der Waals surface area contributed by atoms with E-state index in [0.717, 1.165) is 6.42 Å². The number of hydroxylamine groups is 1. The SMILES string of the molecule is NCCCNOC=O. The van der Waals surface area contributed by atoms with Gasteiger partial charge in [0.15, 0.2) is 0 Å². The maximum atomic E-state index is 9.45. The van der Waals surface area contributed by atoms with Crippen LogP contribution in [-0.2, 0) is 9.63 Å². The predicted octanol–water partition coefficient (Wildman–Crippen LogP) is -0.987. The van der Waals surface area contributed by atoms with Gasteiger partial charge in [0.2, 0.25) is 0 Å². The minimum atomic E-state index is 0.344. The summed E-state index contributed by atoms with van der Waals surface area (Å²) >= 11 is 0. The minimum absolute atomic E-state index is 0.344. The third-order valence-corrected chi connectivity index (χ3v) is 0.614. The molecule has 0 bridgehead atoms. The highest BCUT2D eigenvalue weighted by Gasteiger charge is 1.80. The minimum Gasteiger partial charge on any atom is -0.374 e. The van der Waals surface area contributed by atoms with Crippen LogP contribution in [0.4, 0.5) is 0 Å². The lowest BCUT2D eigenvalue weighted by molar-refractivity contribution is -0.135. The molecule has 0 amide bonds. The average molecular weight is 118 g/mol. The van der Waals surface area contributed by atoms with Crippen molar-refractivity contribution < 1.29 is 9.63 Å². The average Bonchev–Trinajstić information content (AvgIpc) is 1.81. The molecular weight excluding hydrogens is 108 g/mol. The first-order chi connectivity index (χ1) is 3.91. The number of carbonyl (C=O) groups excluding carboxylic acids is 1. The van der Waals surface area contributed by atoms with Crippen molar-refractivity contribution in [1.29, 1.82) is 0 Å². The maximum absolute atomic E-state index is 9.45. The molecule has 4 nitrogen and oxygen atoms in total. The highest BCUT2D eigenvalue weighted by Crippen LogP contribution is 1.66. The van der Waals surface area contributed by atoms with Gasteiger partial charge in [0.05, 0.1) is 0 Å². The van der Waals surface area contributed by atoms with Gasteiger partial charge in [-0.3, -0.25) is 4.79 Å². The third kappa shape index (κ3) is 5.39. The molecule has 0 unspecified atom stereocenters. The Hall–Kier alpha value is -0.610. The number of nitrogens with two attached hydrogens (primary N) is 1. The number of rotatable bonds is 5. The second kappa shape index (κ2) is 6.39. The monoisotopic (exact) mass is 118 g/mol. The Morgan fingerprint density at radius 1 is 1.75 bits per heavy atom. The van der Waals surface area contributed by atoms with Crippen molar-refractivity contribution in [3.8, 4) is 0 Å². The molecule has 0 aromatic carbocycles. The van der Waals surface area contributed by atoms with E-state index in [1.165, 1.54) is 0 Å². The highest BCUT2D eigenvalue weighted by atomic mass is 16.7. The molecule has 4 heteroatoms. The molecule has 0 aliphatic heterocycles. The van der Waals surface area contributed by atoms with Crippen LogP contribution in [0.15, 0.2) is 0 Å². The van der Waals surface area contributed by atoms with Gasteiger partial charge in [-0.15, -0.1) is 0 Å². The lowest BCUT2D eigenvalue weighted by Crippen LogP contribution is -2.17. The standard InChI is InChI=1S/C4H10N2O2/c5-2-1-3-6-8-4-7/h4,6H,1-3,5H2. The summed E-state index contributed by atoms with van der Waals surface area (Å²) in [6.07, 6.45) is 0.813. The number of hydrogen-bond donors (Lipinski definition) is 2. The molecule has 8 heavy (non-hydrogen) atoms. The Kier molecular flexibility index (Phi) is 5.90. The van der Waals surface area contributed by atoms with Crippen LogP contribution >= 0.6 is 0 Å². The molecule has 0 saturated carbocycles. The second-order valence-electron chi connectivity index (χ2n) is 1.25. The molecule has 3 N–H and O–H groups in total. The first-order valence-corrected chi connectivity index (χ1v) is 2.44. The van der Waals surface area contributed by atoms with E-state index in [9.17, 15) is 4.79 Å². The largest absolute Gasteiger partial charge is 0.374 e. The van der Waals surface area contributed by atoms with Crippen molar-refractivity contribution >= 4 is 6.47 Å². The van der Waals surface area contributed by atoms with Gasteiger partial charge < -0.3 is 10.6 Å². The molecule has 48 valence electrons. The summed E-state index contributed by atoms with van der Waals surface area (Å²) in [7, 11) is 0. The van der Waals surface area contributed by atoms with Crippen LogP contribution in [0, 0.1) is 0 Å². The van der Waals surface area contributed by atoms with E-state index >= 15 is 0 Å². The van der Waals surface area contributed by atoms with Crippen LogP contribution < -0.4 is 11.2 Å². The van der Waals surface area contributed by atoms with Crippen LogP contribution in [0.2, 0.25) is 0 Å². The fraction of sp³-hybridized carbons (Fsp3) is 0.750. The molecule has 0 spiro atoms. The molecule has 0 aliphatic rings. The summed E-state index contributed by atoms with van der Waals surface area (Å²) in [5.41, 5.74) is 7.51. The van der Waals surface area contributed by atoms with Gasteiger partial charge in [-0.2, -0.15) is 5.48 Å². The normalized spacial score (nSPS) is 8.62. The van der Waals surface area contributed by atoms with Gasteiger partial charge in [-0.05, 0) is 13.0 Å². The second-order valence-corrected chi connectivity index (χ2v) is 1.25. The molecule has 0 aliphatic carbocycles. The Labute approximate surface area is 48.0 Å². The molecule has 0 atom stereocenters. The summed E-state index contributed by atoms with van der Waals surface area (Å²) < 4.78 is 0. The zero-order chi connectivity index (χ0) is 6.24. The van der Waals surface area contributed by atoms with Gasteiger partial charge in [-0.25, -0.2) is 0 Å². The number of nitrogens with one attached hydrogen (secondary N) is 1. The lowest BCUT2D eigenvalue weighted by atomic mass is 10.4. The molecule has 0 saturated heterocycles. The predicted molar refractivity (Wildman–Crippen MR) is 28.8 cm³/mol. The first-order valence-electron chi connectivity index (χ1n) is 2.44. The Balaban J connectivity index is 2.62. The Bertz CT molecular complexity index is 58.0. The van der Waals surface area contributed by atoms with Gasteiger partial charge in [0.1, 0.15) is 0 Å². The highest BCUT2D eigenvalue weighted by molar-refractivity contribution is 5.36. The van der Waals surface area contributed by atoms with E-state index in [4.69, 9.17) is 5.73 Å². The smallest absolute Gasteiger partial charge is 0.312 e. The van der Waals surface area contributed by atoms with Crippen molar-refractivity contribution in [2.45, 2.75) is 6.42 Å². The lowest BCUT2D eigenvalue weighted by Gasteiger charge is -1.96. The van der Waals surface area contributed by atoms with Crippen molar-refractivity contribution in [2.24, 2.45) is 5.73 Å². The van der Waals surface area contributed by atoms with Crippen molar-refractivity contribution in [3.05, 3.63) is 0 Å². The van der Waals surface area contributed by atoms with Gasteiger partial charge in [0.25, 0.3) is 0 Å². The maximum Gasteiger partial charge on any atom is 0.312 e. The summed E-state index contributed by atoms with van der Waals surface area (Å²) in [5, 5.41) is 0. The molecule has 0 aromatic heterocycles. The van der Waals surface area contributed by atoms with Crippen LogP contribution in [0.1, 0.15) is 6.42 Å². The van der Waals surface area contributed by atoms with E-state index in [1.54, 1.807) is 0 Å². The molecule has 0 aromatic rings. The molecule has 0 heterocycles. The zero-order valence-electron chi connectivity index (χ0n) is 4.59. The van der Waals surface area contributed by atoms with E-state index in [-0.39, 0.29) is 0 Å². The number of carbonyl (C=O) groups is 1. The van der Waals surface area contributed by atoms with Gasteiger partial charge in [-0.1, -0.05) is 0 Å². The van der Waals surface area contributed by atoms with Gasteiger partial charge in [0, 0.05) is 6.54 Å². The Morgan fingerprint density at radius 3 is 3.00 bits per heavy atom. The molecular formula is C4H10N2O2. The van der Waals surface area contributed by atoms with Crippen molar-refractivity contribution in [2.75, 3.05) is 13.1 Å². The first kappa shape index (κ1) is 7.39. The summed E-state index contributed by atoms with van der Waals surface area (Å²) in [6, 6.07) is 0. The topological polar surface area (TPSA) is 64.3 Å². The van der Waals surface area contributed by atoms with E-state index < -0.39 is 0 Å². The van der Waals surface area contributed by atoms with Gasteiger partial charge >= 0.3 is 6.47 Å². The van der Waals surface area contributed by atoms with Crippen molar-refractivity contribution in [3.63, 3.8) is 0 Å².